The van der Waals surface area contributed by atoms with E-state index < -0.39 is 28.2 Å². The Bertz CT molecular complexity index is 3370. The number of rotatable bonds is 21. The van der Waals surface area contributed by atoms with Gasteiger partial charge in [0.1, 0.15) is 6.10 Å². The molecular formula is C62H75Cl2N6O14P2+. The van der Waals surface area contributed by atoms with Crippen molar-refractivity contribution >= 4 is 85.6 Å². The average molecular weight is 1260 g/mol. The number of halogens is 2. The van der Waals surface area contributed by atoms with Crippen molar-refractivity contribution in [3.63, 3.8) is 0 Å². The molecule has 4 unspecified atom stereocenters. The van der Waals surface area contributed by atoms with Crippen molar-refractivity contribution in [2.75, 3.05) is 100 Å². The van der Waals surface area contributed by atoms with Gasteiger partial charge in [0.25, 0.3) is 23.6 Å². The van der Waals surface area contributed by atoms with Crippen LogP contribution in [0.2, 0.25) is 10.0 Å². The molecule has 0 saturated carbocycles. The molecule has 4 atom stereocenters. The second-order valence-corrected chi connectivity index (χ2v) is 24.0. The van der Waals surface area contributed by atoms with E-state index in [-0.39, 0.29) is 63.1 Å². The maximum absolute atomic E-state index is 14.0. The largest absolute Gasteiger partial charge is 0.697 e. The van der Waals surface area contributed by atoms with E-state index in [2.05, 4.69) is 16.0 Å². The third-order valence-corrected chi connectivity index (χ3v) is 17.4. The van der Waals surface area contributed by atoms with Gasteiger partial charge in [-0.2, -0.15) is 0 Å². The van der Waals surface area contributed by atoms with E-state index in [4.69, 9.17) is 51.5 Å². The van der Waals surface area contributed by atoms with Gasteiger partial charge in [0.15, 0.2) is 0 Å². The Hall–Kier alpha value is -6.29. The van der Waals surface area contributed by atoms with Gasteiger partial charge >= 0.3 is 16.0 Å². The van der Waals surface area contributed by atoms with E-state index in [0.29, 0.717) is 124 Å². The number of fused-ring (bicyclic) bond motifs is 2. The molecule has 20 nitrogen and oxygen atoms in total. The number of carbonyl (C=O) groups excluding carboxylic acids is 4. The Labute approximate surface area is 512 Å². The SMILES string of the molecule is COP(=O)(OC1CCCN(C(=O)c2ccc(NC(=O)c3ccccc3C)cc2C)c2ccc(Cl)cc21)N(CCO)CCO.CO[P+](=O)OC1CCCN(C(=O)c2ccc(NC(=O)c3ccccc3C)cc2C)c2ccc(Cl)cc21.OCCNCCO. The second-order valence-electron chi connectivity index (χ2n) is 20.0. The van der Waals surface area contributed by atoms with E-state index in [1.165, 1.54) is 18.9 Å². The standard InChI is InChI=1S/C31H37ClN3O7P.C27H26ClN2O5P.C4H11NO2/c1-21-7-4-5-8-25(21)30(38)33-24-11-12-26(22(2)19-24)31(39)35-14-6-9-29(27-20-23(32)10-13-28(27)35)42-43(40,41-3)34(15-17-36)16-18-37;1-17-7-4-5-8-21(17)26(31)29-20-11-12-22(18(2)15-20)27(32)30-14-6-9-25(35-36(33)34-3)23-16-19(28)10-13-24(23)30;6-3-1-5-2-4-7/h4-5,7-8,10-13,19-20,29,36-37H,6,9,14-18H2,1-3H3,(H,33,38);4-5,7-8,10-13,15-16,25H,6,9,14H2,1-3H3;5-7H,1-4H2/p+1. The second kappa shape index (κ2) is 33.7. The lowest BCUT2D eigenvalue weighted by Gasteiger charge is -2.31. The highest BCUT2D eigenvalue weighted by atomic mass is 35.5. The minimum absolute atomic E-state index is 0.0217. The van der Waals surface area contributed by atoms with Crippen molar-refractivity contribution in [3.05, 3.63) is 187 Å². The highest BCUT2D eigenvalue weighted by molar-refractivity contribution is 7.51. The Morgan fingerprint density at radius 3 is 1.44 bits per heavy atom. The van der Waals surface area contributed by atoms with Crippen LogP contribution in [0.3, 0.4) is 0 Å². The molecule has 460 valence electrons. The van der Waals surface area contributed by atoms with Gasteiger partial charge in [-0.3, -0.25) is 28.2 Å². The Kier molecular flexibility index (Phi) is 27.0. The number of aliphatic hydroxyl groups is 4. The number of benzene rings is 6. The van der Waals surface area contributed by atoms with Crippen LogP contribution in [0.4, 0.5) is 22.7 Å². The van der Waals surface area contributed by atoms with Crippen molar-refractivity contribution in [2.45, 2.75) is 65.6 Å². The van der Waals surface area contributed by atoms with Gasteiger partial charge in [0, 0.05) is 111 Å². The molecule has 86 heavy (non-hydrogen) atoms. The number of carbonyl (C=O) groups is 4. The average Bonchev–Trinajstić information content (AvgIpc) is 2.17. The number of aliphatic hydroxyl groups excluding tert-OH is 4. The zero-order valence-electron chi connectivity index (χ0n) is 49.0. The molecule has 6 aromatic rings. The van der Waals surface area contributed by atoms with Crippen LogP contribution in [0.5, 0.6) is 0 Å². The van der Waals surface area contributed by atoms with Gasteiger partial charge in [-0.1, -0.05) is 59.6 Å². The molecule has 0 bridgehead atoms. The Morgan fingerprint density at radius 1 is 0.593 bits per heavy atom. The summed E-state index contributed by atoms with van der Waals surface area (Å²) < 4.78 is 48.8. The molecule has 0 aliphatic carbocycles. The Morgan fingerprint density at radius 2 is 1.03 bits per heavy atom. The third kappa shape index (κ3) is 18.4. The summed E-state index contributed by atoms with van der Waals surface area (Å²) >= 11 is 12.6. The maximum Gasteiger partial charge on any atom is 0.697 e. The van der Waals surface area contributed by atoms with Crippen molar-refractivity contribution in [3.8, 4) is 0 Å². The van der Waals surface area contributed by atoms with Gasteiger partial charge in [0.2, 0.25) is 0 Å². The third-order valence-electron chi connectivity index (χ3n) is 14.1. The van der Waals surface area contributed by atoms with Crippen LogP contribution in [0.1, 0.15) is 113 Å². The quantitative estimate of drug-likeness (QED) is 0.0261. The number of anilines is 4. The molecule has 8 rings (SSSR count). The molecule has 7 N–H and O–H groups in total. The van der Waals surface area contributed by atoms with Crippen molar-refractivity contribution in [1.29, 1.82) is 0 Å². The lowest BCUT2D eigenvalue weighted by molar-refractivity contribution is 0.0978. The first-order valence-corrected chi connectivity index (χ1v) is 31.3. The normalized spacial score (nSPS) is 15.5. The molecule has 2 heterocycles. The molecule has 0 aromatic heterocycles. The first-order chi connectivity index (χ1) is 41.3. The van der Waals surface area contributed by atoms with Crippen LogP contribution < -0.4 is 25.8 Å². The lowest BCUT2D eigenvalue weighted by Crippen LogP contribution is -2.32. The van der Waals surface area contributed by atoms with E-state index >= 15 is 0 Å². The van der Waals surface area contributed by atoms with Crippen LogP contribution in [0, 0.1) is 27.7 Å². The molecule has 2 aliphatic rings. The van der Waals surface area contributed by atoms with Crippen LogP contribution in [-0.2, 0) is 27.2 Å². The zero-order valence-corrected chi connectivity index (χ0v) is 52.3. The Balaban J connectivity index is 0.000000250. The first-order valence-electron chi connectivity index (χ1n) is 27.9. The van der Waals surface area contributed by atoms with E-state index in [0.717, 1.165) is 16.7 Å². The van der Waals surface area contributed by atoms with Gasteiger partial charge in [-0.15, -0.1) is 9.05 Å². The number of aryl methyl sites for hydroxylation is 4. The minimum atomic E-state index is -3.92. The van der Waals surface area contributed by atoms with Crippen molar-refractivity contribution in [2.24, 2.45) is 0 Å². The summed E-state index contributed by atoms with van der Waals surface area (Å²) in [4.78, 5) is 56.5. The molecular weight excluding hydrogens is 1190 g/mol. The first kappa shape index (κ1) is 68.8. The molecule has 0 saturated heterocycles. The van der Waals surface area contributed by atoms with E-state index in [1.807, 2.05) is 64.1 Å². The fourth-order valence-corrected chi connectivity index (χ4v) is 12.4. The summed E-state index contributed by atoms with van der Waals surface area (Å²) in [5.41, 5.74) is 8.99. The molecule has 4 amide bonds. The van der Waals surface area contributed by atoms with Gasteiger partial charge in [-0.25, -0.2) is 9.24 Å². The number of amides is 4. The predicted molar refractivity (Wildman–Crippen MR) is 335 cm³/mol. The van der Waals surface area contributed by atoms with Gasteiger partial charge in [0.05, 0.1) is 45.3 Å². The zero-order chi connectivity index (χ0) is 62.5. The van der Waals surface area contributed by atoms with Crippen LogP contribution in [0.15, 0.2) is 121 Å². The van der Waals surface area contributed by atoms with Crippen molar-refractivity contribution < 1.29 is 66.8 Å². The highest BCUT2D eigenvalue weighted by Gasteiger charge is 2.39. The summed E-state index contributed by atoms with van der Waals surface area (Å²) in [6.45, 7) is 9.00. The van der Waals surface area contributed by atoms with Crippen LogP contribution in [-0.4, -0.2) is 129 Å². The fourth-order valence-electron chi connectivity index (χ4n) is 9.83. The van der Waals surface area contributed by atoms with Gasteiger partial charge in [-0.05, 0) is 161 Å². The summed E-state index contributed by atoms with van der Waals surface area (Å²) in [6.07, 6.45) is 0.886. The summed E-state index contributed by atoms with van der Waals surface area (Å²) in [5, 5.41) is 44.8. The van der Waals surface area contributed by atoms with Gasteiger partial charge < -0.3 is 46.2 Å². The van der Waals surface area contributed by atoms with E-state index in [9.17, 15) is 38.5 Å². The van der Waals surface area contributed by atoms with Crippen LogP contribution in [0.25, 0.3) is 0 Å². The molecule has 0 spiro atoms. The number of nitrogens with zero attached hydrogens (tertiary/aromatic N) is 3. The molecule has 2 aliphatic heterocycles. The fraction of sp³-hybridized carbons (Fsp3) is 0.355. The molecule has 0 radical (unpaired) electrons. The molecule has 6 aromatic carbocycles. The topological polar surface area (TPSA) is 266 Å². The smallest absolute Gasteiger partial charge is 0.395 e. The van der Waals surface area contributed by atoms with Crippen LogP contribution >= 0.6 is 39.2 Å². The number of nitrogens with one attached hydrogen (secondary N) is 3. The summed E-state index contributed by atoms with van der Waals surface area (Å²) in [5.74, 6) is -0.851. The van der Waals surface area contributed by atoms with Crippen molar-refractivity contribution in [1.82, 2.24) is 9.99 Å². The maximum atomic E-state index is 14.0. The monoisotopic (exact) mass is 1260 g/mol. The molecule has 0 fully saturated rings. The predicted octanol–water partition coefficient (Wildman–Crippen LogP) is 11.3. The lowest BCUT2D eigenvalue weighted by atomic mass is 10.0. The number of hydrogen-bond acceptors (Lipinski definition) is 15. The van der Waals surface area contributed by atoms with E-state index in [1.54, 1.807) is 94.7 Å². The number of hydrogen-bond donors (Lipinski definition) is 7. The molecule has 24 heteroatoms. The minimum Gasteiger partial charge on any atom is -0.395 e. The summed E-state index contributed by atoms with van der Waals surface area (Å²) in [7, 11) is -3.64. The highest BCUT2D eigenvalue weighted by Crippen LogP contribution is 2.56. The summed E-state index contributed by atoms with van der Waals surface area (Å²) in [6, 6.07) is 35.4.